The fraction of sp³-hybridized carbons (Fsp3) is 0.125. The molecule has 1 N–H and O–H groups in total. The molecule has 0 atom stereocenters. The molecule has 25 heavy (non-hydrogen) atoms. The normalized spacial score (nSPS) is 11.8. The summed E-state index contributed by atoms with van der Waals surface area (Å²) in [6.45, 7) is 0. The number of carbonyl (C=O) groups excluding carboxylic acids is 1. The topological polar surface area (TPSA) is 79.4 Å². The number of amides is 1. The fourth-order valence-electron chi connectivity index (χ4n) is 2.13. The Morgan fingerprint density at radius 3 is 2.64 bits per heavy atom. The van der Waals surface area contributed by atoms with E-state index in [-0.39, 0.29) is 10.8 Å². The van der Waals surface area contributed by atoms with E-state index in [0.29, 0.717) is 20.9 Å². The number of hydrogen-bond acceptors (Lipinski definition) is 5. The highest BCUT2D eigenvalue weighted by Crippen LogP contribution is 2.29. The number of nitrogens with one attached hydrogen (secondary N) is 1. The summed E-state index contributed by atoms with van der Waals surface area (Å²) < 4.78 is 27.1. The summed E-state index contributed by atoms with van der Waals surface area (Å²) in [6.07, 6.45) is 0. The van der Waals surface area contributed by atoms with Crippen molar-refractivity contribution in [2.45, 2.75) is 4.90 Å². The third-order valence-corrected chi connectivity index (χ3v) is 6.68. The Bertz CT molecular complexity index is 1060. The van der Waals surface area contributed by atoms with Crippen molar-refractivity contribution in [1.29, 1.82) is 0 Å². The largest absolute Gasteiger partial charge is 0.298 e. The maximum Gasteiger partial charge on any atom is 0.257 e. The van der Waals surface area contributed by atoms with Crippen LogP contribution in [0.5, 0.6) is 0 Å². The maximum absolute atomic E-state index is 12.3. The van der Waals surface area contributed by atoms with Gasteiger partial charge in [-0.2, -0.15) is 0 Å². The summed E-state index contributed by atoms with van der Waals surface area (Å²) in [6, 6.07) is 11.7. The van der Waals surface area contributed by atoms with E-state index in [4.69, 9.17) is 0 Å². The average molecular weight is 440 g/mol. The van der Waals surface area contributed by atoms with Gasteiger partial charge in [0.1, 0.15) is 0 Å². The predicted molar refractivity (Wildman–Crippen MR) is 103 cm³/mol. The minimum Gasteiger partial charge on any atom is -0.298 e. The van der Waals surface area contributed by atoms with Crippen LogP contribution in [0.1, 0.15) is 10.4 Å². The van der Waals surface area contributed by atoms with Crippen molar-refractivity contribution in [3.05, 3.63) is 52.5 Å². The van der Waals surface area contributed by atoms with Crippen LogP contribution in [0.2, 0.25) is 0 Å². The number of hydrogen-bond donors (Lipinski definition) is 1. The van der Waals surface area contributed by atoms with Gasteiger partial charge in [0, 0.05) is 24.1 Å². The van der Waals surface area contributed by atoms with E-state index in [0.717, 1.165) is 8.78 Å². The van der Waals surface area contributed by atoms with Crippen molar-refractivity contribution in [2.24, 2.45) is 0 Å². The molecule has 1 amide bonds. The first-order valence-electron chi connectivity index (χ1n) is 7.17. The number of anilines is 1. The van der Waals surface area contributed by atoms with Crippen LogP contribution in [0.4, 0.5) is 5.13 Å². The first-order chi connectivity index (χ1) is 11.8. The number of thiazole rings is 1. The van der Waals surface area contributed by atoms with E-state index in [2.05, 4.69) is 26.2 Å². The zero-order valence-corrected chi connectivity index (χ0v) is 16.6. The minimum atomic E-state index is -3.51. The summed E-state index contributed by atoms with van der Waals surface area (Å²) in [4.78, 5) is 16.8. The molecule has 0 aliphatic rings. The van der Waals surface area contributed by atoms with Gasteiger partial charge in [0.25, 0.3) is 5.91 Å². The second-order valence-corrected chi connectivity index (χ2v) is 9.50. The molecule has 2 aromatic carbocycles. The molecular formula is C16H14BrN3O3S2. The van der Waals surface area contributed by atoms with Crippen molar-refractivity contribution in [3.63, 3.8) is 0 Å². The molecule has 0 aliphatic carbocycles. The summed E-state index contributed by atoms with van der Waals surface area (Å²) in [5.41, 5.74) is 1.14. The van der Waals surface area contributed by atoms with Crippen LogP contribution in [0.25, 0.3) is 10.2 Å². The first-order valence-corrected chi connectivity index (χ1v) is 10.2. The Labute approximate surface area is 157 Å². The minimum absolute atomic E-state index is 0.193. The first kappa shape index (κ1) is 18.0. The van der Waals surface area contributed by atoms with Crippen molar-refractivity contribution < 1.29 is 13.2 Å². The lowest BCUT2D eigenvalue weighted by molar-refractivity contribution is 0.102. The Kier molecular flexibility index (Phi) is 4.92. The van der Waals surface area contributed by atoms with Gasteiger partial charge in [0.05, 0.1) is 15.1 Å². The number of carbonyl (C=O) groups is 1. The molecule has 0 fully saturated rings. The number of sulfonamides is 1. The van der Waals surface area contributed by atoms with E-state index < -0.39 is 10.0 Å². The molecule has 0 saturated heterocycles. The third-order valence-electron chi connectivity index (χ3n) is 3.45. The van der Waals surface area contributed by atoms with E-state index in [1.54, 1.807) is 30.3 Å². The highest BCUT2D eigenvalue weighted by atomic mass is 79.9. The van der Waals surface area contributed by atoms with E-state index >= 15 is 0 Å². The molecule has 0 aliphatic heterocycles. The molecule has 0 saturated carbocycles. The highest BCUT2D eigenvalue weighted by Gasteiger charge is 2.18. The monoisotopic (exact) mass is 439 g/mol. The van der Waals surface area contributed by atoms with Crippen molar-refractivity contribution in [3.8, 4) is 0 Å². The predicted octanol–water partition coefficient (Wildman–Crippen LogP) is 3.56. The molecule has 6 nitrogen and oxygen atoms in total. The molecule has 3 rings (SSSR count). The highest BCUT2D eigenvalue weighted by molar-refractivity contribution is 9.10. The van der Waals surface area contributed by atoms with Gasteiger partial charge in [-0.3, -0.25) is 10.1 Å². The van der Waals surface area contributed by atoms with Crippen molar-refractivity contribution in [1.82, 2.24) is 9.29 Å². The van der Waals surface area contributed by atoms with Crippen molar-refractivity contribution >= 4 is 58.5 Å². The van der Waals surface area contributed by atoms with Crippen LogP contribution in [0, 0.1) is 0 Å². The van der Waals surface area contributed by atoms with Gasteiger partial charge < -0.3 is 0 Å². The molecule has 0 radical (unpaired) electrons. The number of halogens is 1. The van der Waals surface area contributed by atoms with E-state index in [9.17, 15) is 13.2 Å². The lowest BCUT2D eigenvalue weighted by Crippen LogP contribution is -2.22. The Hall–Kier alpha value is -1.81. The van der Waals surface area contributed by atoms with Gasteiger partial charge in [-0.1, -0.05) is 33.3 Å². The molecule has 3 aromatic rings. The summed E-state index contributed by atoms with van der Waals surface area (Å²) in [7, 11) is -0.546. The molecule has 1 heterocycles. The lowest BCUT2D eigenvalue weighted by atomic mass is 10.2. The Morgan fingerprint density at radius 2 is 1.96 bits per heavy atom. The van der Waals surface area contributed by atoms with E-state index in [1.165, 1.54) is 31.5 Å². The number of aromatic nitrogens is 1. The second kappa shape index (κ2) is 6.83. The zero-order chi connectivity index (χ0) is 18.2. The van der Waals surface area contributed by atoms with Crippen LogP contribution in [-0.4, -0.2) is 37.7 Å². The standard InChI is InChI=1S/C16H14BrN3O3S2/c1-20(2)25(22,23)12-6-7-13-14(9-12)24-16(18-13)19-15(21)10-4-3-5-11(17)8-10/h3-9H,1-2H3,(H,18,19,21). The molecule has 130 valence electrons. The molecule has 1 aromatic heterocycles. The smallest absolute Gasteiger partial charge is 0.257 e. The van der Waals surface area contributed by atoms with Gasteiger partial charge in [-0.15, -0.1) is 0 Å². The maximum atomic E-state index is 12.3. The quantitative estimate of drug-likeness (QED) is 0.673. The third kappa shape index (κ3) is 3.74. The molecule has 0 bridgehead atoms. The van der Waals surface area contributed by atoms with E-state index in [1.807, 2.05) is 6.07 Å². The van der Waals surface area contributed by atoms with Gasteiger partial charge >= 0.3 is 0 Å². The Morgan fingerprint density at radius 1 is 1.20 bits per heavy atom. The Balaban J connectivity index is 1.90. The lowest BCUT2D eigenvalue weighted by Gasteiger charge is -2.10. The number of fused-ring (bicyclic) bond motifs is 1. The van der Waals surface area contributed by atoms with Crippen LogP contribution < -0.4 is 5.32 Å². The average Bonchev–Trinajstić information content (AvgIpc) is 2.95. The van der Waals surface area contributed by atoms with Gasteiger partial charge in [0.15, 0.2) is 5.13 Å². The van der Waals surface area contributed by atoms with Crippen LogP contribution in [0.15, 0.2) is 51.8 Å². The van der Waals surface area contributed by atoms with Crippen LogP contribution in [0.3, 0.4) is 0 Å². The van der Waals surface area contributed by atoms with Gasteiger partial charge in [-0.05, 0) is 36.4 Å². The summed E-state index contributed by atoms with van der Waals surface area (Å²) in [5, 5.41) is 3.16. The SMILES string of the molecule is CN(C)S(=O)(=O)c1ccc2nc(NC(=O)c3cccc(Br)c3)sc2c1. The van der Waals surface area contributed by atoms with Gasteiger partial charge in [0.2, 0.25) is 10.0 Å². The number of benzene rings is 2. The molecule has 0 unspecified atom stereocenters. The molecule has 9 heteroatoms. The fourth-order valence-corrected chi connectivity index (χ4v) is 4.43. The zero-order valence-electron chi connectivity index (χ0n) is 13.4. The van der Waals surface area contributed by atoms with Gasteiger partial charge in [-0.25, -0.2) is 17.7 Å². The number of nitrogens with zero attached hydrogens (tertiary/aromatic N) is 2. The molecule has 0 spiro atoms. The second-order valence-electron chi connectivity index (χ2n) is 5.40. The van der Waals surface area contributed by atoms with Crippen molar-refractivity contribution in [2.75, 3.05) is 19.4 Å². The van der Waals surface area contributed by atoms with Crippen LogP contribution in [-0.2, 0) is 10.0 Å². The van der Waals surface area contributed by atoms with Crippen LogP contribution >= 0.6 is 27.3 Å². The number of rotatable bonds is 4. The summed E-state index contributed by atoms with van der Waals surface area (Å²) in [5.74, 6) is -0.276. The summed E-state index contributed by atoms with van der Waals surface area (Å²) >= 11 is 4.56. The molecular weight excluding hydrogens is 426 g/mol.